The second-order valence-electron chi connectivity index (χ2n) is 20.3. The fourth-order valence-electron chi connectivity index (χ4n) is 8.05. The number of rotatable bonds is 52. The van der Waals surface area contributed by atoms with Crippen LogP contribution in [0.15, 0.2) is 24.3 Å². The van der Waals surface area contributed by atoms with Crippen molar-refractivity contribution in [3.8, 4) is 0 Å². The third-order valence-corrected chi connectivity index (χ3v) is 13.4. The monoisotopic (exact) mass is 955 g/mol. The van der Waals surface area contributed by atoms with Crippen LogP contribution in [-0.4, -0.2) is 74.9 Å². The highest BCUT2D eigenvalue weighted by atomic mass is 31.2. The molecule has 9 nitrogen and oxygen atoms in total. The van der Waals surface area contributed by atoms with E-state index in [1.54, 1.807) is 0 Å². The van der Waals surface area contributed by atoms with Gasteiger partial charge in [0, 0.05) is 12.8 Å². The smallest absolute Gasteiger partial charge is 0.462 e. The largest absolute Gasteiger partial charge is 0.472 e. The first-order valence-electron chi connectivity index (χ1n) is 28.1. The first-order chi connectivity index (χ1) is 32.0. The van der Waals surface area contributed by atoms with Crippen molar-refractivity contribution in [1.29, 1.82) is 0 Å². The van der Waals surface area contributed by atoms with Crippen LogP contribution in [0.2, 0.25) is 0 Å². The first kappa shape index (κ1) is 64.5. The van der Waals surface area contributed by atoms with E-state index in [-0.39, 0.29) is 32.0 Å². The van der Waals surface area contributed by atoms with Gasteiger partial charge in [0.25, 0.3) is 0 Å². The van der Waals surface area contributed by atoms with Crippen molar-refractivity contribution < 1.29 is 42.1 Å². The van der Waals surface area contributed by atoms with Crippen molar-refractivity contribution in [2.75, 3.05) is 47.5 Å². The molecular formula is C56H109NO8P+. The highest BCUT2D eigenvalue weighted by Crippen LogP contribution is 2.43. The number of likely N-dealkylation sites (N-methyl/N-ethyl adjacent to an activating group) is 1. The van der Waals surface area contributed by atoms with Crippen molar-refractivity contribution in [2.24, 2.45) is 0 Å². The van der Waals surface area contributed by atoms with Gasteiger partial charge in [-0.2, -0.15) is 0 Å². The second-order valence-corrected chi connectivity index (χ2v) is 21.8. The summed E-state index contributed by atoms with van der Waals surface area (Å²) in [4.78, 5) is 35.5. The first-order valence-corrected chi connectivity index (χ1v) is 29.6. The molecule has 390 valence electrons. The van der Waals surface area contributed by atoms with Crippen LogP contribution in [0.5, 0.6) is 0 Å². The van der Waals surface area contributed by atoms with E-state index in [4.69, 9.17) is 18.5 Å². The van der Waals surface area contributed by atoms with Crippen LogP contribution in [0.1, 0.15) is 271 Å². The maximum Gasteiger partial charge on any atom is 0.472 e. The number of phosphoric acid groups is 1. The van der Waals surface area contributed by atoms with Crippen LogP contribution in [0, 0.1) is 0 Å². The average molecular weight is 955 g/mol. The van der Waals surface area contributed by atoms with Gasteiger partial charge in [-0.15, -0.1) is 0 Å². The lowest BCUT2D eigenvalue weighted by Gasteiger charge is -2.24. The summed E-state index contributed by atoms with van der Waals surface area (Å²) in [6.07, 6.45) is 57.0. The van der Waals surface area contributed by atoms with Gasteiger partial charge < -0.3 is 18.9 Å². The Bertz CT molecular complexity index is 1170. The number of carbonyl (C=O) groups excluding carboxylic acids is 2. The van der Waals surface area contributed by atoms with E-state index < -0.39 is 26.5 Å². The van der Waals surface area contributed by atoms with Crippen LogP contribution in [0.25, 0.3) is 0 Å². The molecule has 0 radical (unpaired) electrons. The van der Waals surface area contributed by atoms with E-state index in [2.05, 4.69) is 38.2 Å². The molecule has 0 spiro atoms. The minimum absolute atomic E-state index is 0.0327. The number of phosphoric ester groups is 1. The highest BCUT2D eigenvalue weighted by Gasteiger charge is 2.27. The molecule has 0 heterocycles. The summed E-state index contributed by atoms with van der Waals surface area (Å²) < 4.78 is 34.4. The lowest BCUT2D eigenvalue weighted by atomic mass is 10.0. The summed E-state index contributed by atoms with van der Waals surface area (Å²) in [5, 5.41) is 0. The predicted molar refractivity (Wildman–Crippen MR) is 280 cm³/mol. The Kier molecular flexibility index (Phi) is 47.4. The van der Waals surface area contributed by atoms with Gasteiger partial charge in [-0.1, -0.05) is 224 Å². The third kappa shape index (κ3) is 51.9. The number of quaternary nitrogens is 1. The van der Waals surface area contributed by atoms with Gasteiger partial charge in [0.05, 0.1) is 27.7 Å². The summed E-state index contributed by atoms with van der Waals surface area (Å²) in [6.45, 7) is 4.41. The molecule has 0 bridgehead atoms. The average Bonchev–Trinajstić information content (AvgIpc) is 3.27. The fraction of sp³-hybridized carbons (Fsp3) is 0.893. The minimum Gasteiger partial charge on any atom is -0.462 e. The summed E-state index contributed by atoms with van der Waals surface area (Å²) in [5.74, 6) is -0.798. The van der Waals surface area contributed by atoms with Crippen molar-refractivity contribution in [3.05, 3.63) is 24.3 Å². The number of carbonyl (C=O) groups is 2. The number of allylic oxidation sites excluding steroid dienone is 4. The second kappa shape index (κ2) is 48.5. The maximum absolute atomic E-state index is 12.8. The molecule has 0 saturated heterocycles. The van der Waals surface area contributed by atoms with E-state index >= 15 is 0 Å². The molecule has 0 aliphatic carbocycles. The number of nitrogens with zero attached hydrogens (tertiary/aromatic N) is 1. The van der Waals surface area contributed by atoms with Crippen LogP contribution < -0.4 is 0 Å². The maximum atomic E-state index is 12.8. The van der Waals surface area contributed by atoms with E-state index in [1.165, 1.54) is 180 Å². The Hall–Kier alpha value is -1.51. The van der Waals surface area contributed by atoms with Gasteiger partial charge in [0.15, 0.2) is 6.10 Å². The number of hydrogen-bond acceptors (Lipinski definition) is 7. The van der Waals surface area contributed by atoms with E-state index in [0.717, 1.165) is 57.8 Å². The quantitative estimate of drug-likeness (QED) is 0.0211. The van der Waals surface area contributed by atoms with Crippen LogP contribution >= 0.6 is 7.82 Å². The zero-order valence-corrected chi connectivity index (χ0v) is 45.1. The number of unbranched alkanes of at least 4 members (excludes halogenated alkanes) is 34. The zero-order valence-electron chi connectivity index (χ0n) is 44.2. The molecule has 0 fully saturated rings. The number of esters is 2. The van der Waals surface area contributed by atoms with Crippen LogP contribution in [-0.2, 0) is 32.7 Å². The van der Waals surface area contributed by atoms with Gasteiger partial charge >= 0.3 is 19.8 Å². The summed E-state index contributed by atoms with van der Waals surface area (Å²) in [7, 11) is 1.48. The molecule has 2 atom stereocenters. The Morgan fingerprint density at radius 3 is 1.17 bits per heavy atom. The molecule has 0 amide bonds. The Balaban J connectivity index is 3.98. The van der Waals surface area contributed by atoms with Crippen LogP contribution in [0.4, 0.5) is 0 Å². The molecule has 2 unspecified atom stereocenters. The summed E-state index contributed by atoms with van der Waals surface area (Å²) >= 11 is 0. The Morgan fingerprint density at radius 2 is 0.788 bits per heavy atom. The SMILES string of the molecule is CCCC/C=C\CCCCCCCC(=O)OCC(COP(=O)(O)OCC[N+](C)(C)C)OC(=O)CCCCCCCCCCCCCCCCCCCCC/C=C\CCCCCCCCCC. The summed E-state index contributed by atoms with van der Waals surface area (Å²) in [5.41, 5.74) is 0. The molecule has 10 heteroatoms. The molecule has 0 aliphatic rings. The van der Waals surface area contributed by atoms with E-state index in [0.29, 0.717) is 17.4 Å². The Labute approximate surface area is 409 Å². The van der Waals surface area contributed by atoms with Gasteiger partial charge in [-0.3, -0.25) is 18.6 Å². The molecule has 0 saturated carbocycles. The van der Waals surface area contributed by atoms with Gasteiger partial charge in [-0.25, -0.2) is 4.57 Å². The topological polar surface area (TPSA) is 108 Å². The van der Waals surface area contributed by atoms with Gasteiger partial charge in [0.2, 0.25) is 0 Å². The van der Waals surface area contributed by atoms with E-state index in [1.807, 2.05) is 21.1 Å². The van der Waals surface area contributed by atoms with Gasteiger partial charge in [-0.05, 0) is 57.8 Å². The molecular weight excluding hydrogens is 846 g/mol. The predicted octanol–water partition coefficient (Wildman–Crippen LogP) is 17.0. The molecule has 0 aromatic rings. The van der Waals surface area contributed by atoms with Crippen molar-refractivity contribution >= 4 is 19.8 Å². The van der Waals surface area contributed by atoms with Crippen molar-refractivity contribution in [2.45, 2.75) is 277 Å². The highest BCUT2D eigenvalue weighted by molar-refractivity contribution is 7.47. The molecule has 66 heavy (non-hydrogen) atoms. The van der Waals surface area contributed by atoms with Gasteiger partial charge in [0.1, 0.15) is 19.8 Å². The molecule has 0 aromatic carbocycles. The molecule has 0 aromatic heterocycles. The molecule has 0 rings (SSSR count). The third-order valence-electron chi connectivity index (χ3n) is 12.5. The number of hydrogen-bond donors (Lipinski definition) is 1. The molecule has 0 aliphatic heterocycles. The van der Waals surface area contributed by atoms with Crippen molar-refractivity contribution in [1.82, 2.24) is 0 Å². The Morgan fingerprint density at radius 1 is 0.455 bits per heavy atom. The lowest BCUT2D eigenvalue weighted by Crippen LogP contribution is -2.37. The standard InChI is InChI=1S/C56H108NO8P/c1-6-8-10-12-14-16-18-19-20-21-22-23-24-25-26-27-28-29-30-31-32-33-34-35-36-37-39-41-43-45-47-49-56(59)65-54(53-64-66(60,61)63-51-50-57(3,4)5)52-62-55(58)48-46-44-42-40-38-17-15-13-11-9-7-2/h13,15,21-22,54H,6-12,14,16-20,23-53H2,1-5H3/p+1/b15-13-,22-21-. The van der Waals surface area contributed by atoms with Crippen LogP contribution in [0.3, 0.4) is 0 Å². The zero-order chi connectivity index (χ0) is 48.5. The van der Waals surface area contributed by atoms with Crippen molar-refractivity contribution in [3.63, 3.8) is 0 Å². The normalized spacial score (nSPS) is 13.5. The molecule has 1 N–H and O–H groups in total. The van der Waals surface area contributed by atoms with E-state index in [9.17, 15) is 19.0 Å². The summed E-state index contributed by atoms with van der Waals surface area (Å²) in [6, 6.07) is 0. The number of ether oxygens (including phenoxy) is 2. The lowest BCUT2D eigenvalue weighted by molar-refractivity contribution is -0.870. The minimum atomic E-state index is -4.38. The fourth-order valence-corrected chi connectivity index (χ4v) is 8.79.